The number of piperidine rings is 1. The molecule has 0 aromatic carbocycles. The van der Waals surface area contributed by atoms with Gasteiger partial charge in [0.1, 0.15) is 0 Å². The zero-order chi connectivity index (χ0) is 14.7. The Bertz CT molecular complexity index is 466. The smallest absolute Gasteiger partial charge is 0.257 e. The third-order valence-corrected chi connectivity index (χ3v) is 4.25. The summed E-state index contributed by atoms with van der Waals surface area (Å²) in [7, 11) is 0. The molecule has 1 unspecified atom stereocenters. The molecular formula is C15H25N3O2. The molecule has 0 saturated carbocycles. The maximum absolute atomic E-state index is 12.5. The van der Waals surface area contributed by atoms with E-state index in [0.717, 1.165) is 37.9 Å². The van der Waals surface area contributed by atoms with E-state index in [4.69, 9.17) is 0 Å². The second-order valence-electron chi connectivity index (χ2n) is 5.61. The molecule has 2 heterocycles. The van der Waals surface area contributed by atoms with Gasteiger partial charge >= 0.3 is 0 Å². The fourth-order valence-electron chi connectivity index (χ4n) is 2.95. The highest BCUT2D eigenvalue weighted by Crippen LogP contribution is 2.21. The van der Waals surface area contributed by atoms with Gasteiger partial charge in [-0.15, -0.1) is 0 Å². The molecule has 1 N–H and O–H groups in total. The van der Waals surface area contributed by atoms with Crippen molar-refractivity contribution in [2.24, 2.45) is 0 Å². The minimum Gasteiger partial charge on any atom is -0.391 e. The minimum atomic E-state index is -0.387. The molecular weight excluding hydrogens is 254 g/mol. The number of aliphatic hydroxyl groups is 1. The lowest BCUT2D eigenvalue weighted by molar-refractivity contribution is 0.0473. The van der Waals surface area contributed by atoms with E-state index in [2.05, 4.69) is 18.9 Å². The summed E-state index contributed by atoms with van der Waals surface area (Å²) >= 11 is 0. The lowest BCUT2D eigenvalue weighted by Gasteiger charge is -2.30. The van der Waals surface area contributed by atoms with Gasteiger partial charge in [0, 0.05) is 18.8 Å². The molecule has 0 aliphatic carbocycles. The highest BCUT2D eigenvalue weighted by Gasteiger charge is 2.26. The number of carbonyl (C=O) groups excluding carboxylic acids is 1. The molecule has 0 spiro atoms. The molecule has 1 atom stereocenters. The monoisotopic (exact) mass is 279 g/mol. The van der Waals surface area contributed by atoms with Gasteiger partial charge in [0.05, 0.1) is 23.9 Å². The molecule has 2 rings (SSSR count). The molecule has 20 heavy (non-hydrogen) atoms. The van der Waals surface area contributed by atoms with E-state index >= 15 is 0 Å². The first-order valence-electron chi connectivity index (χ1n) is 7.59. The van der Waals surface area contributed by atoms with Gasteiger partial charge < -0.3 is 10.0 Å². The predicted molar refractivity (Wildman–Crippen MR) is 77.7 cm³/mol. The van der Waals surface area contributed by atoms with Crippen LogP contribution in [0.15, 0.2) is 6.20 Å². The molecule has 0 radical (unpaired) electrons. The zero-order valence-electron chi connectivity index (χ0n) is 12.7. The number of aliphatic hydroxyl groups excluding tert-OH is 1. The molecule has 1 aromatic rings. The standard InChI is InChI=1S/C15H25N3O2/c1-4-12(5-2)18-11(3)14(9-16-18)15(20)17-8-6-7-13(19)10-17/h9,12-13,19H,4-8,10H2,1-3H3. The number of hydrogen-bond donors (Lipinski definition) is 1. The van der Waals surface area contributed by atoms with Crippen LogP contribution < -0.4 is 0 Å². The van der Waals surface area contributed by atoms with Crippen molar-refractivity contribution < 1.29 is 9.90 Å². The number of β-amino-alcohol motifs (C(OH)–C–C–N with tert-alkyl or cyclic N) is 1. The van der Waals surface area contributed by atoms with Gasteiger partial charge in [0.25, 0.3) is 5.91 Å². The van der Waals surface area contributed by atoms with E-state index in [1.165, 1.54) is 0 Å². The maximum atomic E-state index is 12.5. The van der Waals surface area contributed by atoms with Crippen LogP contribution in [-0.4, -0.2) is 44.9 Å². The van der Waals surface area contributed by atoms with Gasteiger partial charge in [0.2, 0.25) is 0 Å². The van der Waals surface area contributed by atoms with Crippen LogP contribution in [0, 0.1) is 6.92 Å². The molecule has 1 aliphatic heterocycles. The molecule has 0 bridgehead atoms. The van der Waals surface area contributed by atoms with Crippen LogP contribution in [0.5, 0.6) is 0 Å². The summed E-state index contributed by atoms with van der Waals surface area (Å²) in [6.45, 7) is 7.40. The van der Waals surface area contributed by atoms with Crippen LogP contribution in [-0.2, 0) is 0 Å². The van der Waals surface area contributed by atoms with Crippen LogP contribution >= 0.6 is 0 Å². The van der Waals surface area contributed by atoms with Crippen LogP contribution in [0.2, 0.25) is 0 Å². The van der Waals surface area contributed by atoms with Gasteiger partial charge in [-0.25, -0.2) is 0 Å². The fraction of sp³-hybridized carbons (Fsp3) is 0.733. The Kier molecular flexibility index (Phi) is 4.81. The maximum Gasteiger partial charge on any atom is 0.257 e. The van der Waals surface area contributed by atoms with E-state index in [1.807, 2.05) is 11.6 Å². The van der Waals surface area contributed by atoms with Crippen LogP contribution in [0.25, 0.3) is 0 Å². The van der Waals surface area contributed by atoms with Crippen molar-refractivity contribution in [1.29, 1.82) is 0 Å². The van der Waals surface area contributed by atoms with Gasteiger partial charge in [-0.3, -0.25) is 9.48 Å². The first-order valence-corrected chi connectivity index (χ1v) is 7.59. The molecule has 1 aliphatic rings. The number of aromatic nitrogens is 2. The van der Waals surface area contributed by atoms with Crippen molar-refractivity contribution in [3.05, 3.63) is 17.5 Å². The van der Waals surface area contributed by atoms with E-state index < -0.39 is 0 Å². The Morgan fingerprint density at radius 2 is 2.20 bits per heavy atom. The second-order valence-corrected chi connectivity index (χ2v) is 5.61. The van der Waals surface area contributed by atoms with Gasteiger partial charge in [-0.1, -0.05) is 13.8 Å². The molecule has 1 fully saturated rings. The second kappa shape index (κ2) is 6.39. The Hall–Kier alpha value is -1.36. The first kappa shape index (κ1) is 15.0. The quantitative estimate of drug-likeness (QED) is 0.918. The third kappa shape index (κ3) is 2.87. The SMILES string of the molecule is CCC(CC)n1ncc(C(=O)N2CCCC(O)C2)c1C. The van der Waals surface area contributed by atoms with Gasteiger partial charge in [-0.2, -0.15) is 5.10 Å². The largest absolute Gasteiger partial charge is 0.391 e. The van der Waals surface area contributed by atoms with Crippen molar-refractivity contribution in [2.75, 3.05) is 13.1 Å². The highest BCUT2D eigenvalue weighted by atomic mass is 16.3. The van der Waals surface area contributed by atoms with Gasteiger partial charge in [0.15, 0.2) is 0 Å². The Balaban J connectivity index is 2.18. The van der Waals surface area contributed by atoms with E-state index in [-0.39, 0.29) is 12.0 Å². The molecule has 1 amide bonds. The average molecular weight is 279 g/mol. The fourth-order valence-corrected chi connectivity index (χ4v) is 2.95. The number of hydrogen-bond acceptors (Lipinski definition) is 3. The summed E-state index contributed by atoms with van der Waals surface area (Å²) in [6, 6.07) is 0.350. The molecule has 1 aromatic heterocycles. The van der Waals surface area contributed by atoms with Crippen LogP contribution in [0.1, 0.15) is 61.6 Å². The summed E-state index contributed by atoms with van der Waals surface area (Å²) < 4.78 is 1.97. The number of nitrogens with zero attached hydrogens (tertiary/aromatic N) is 3. The number of amides is 1. The lowest BCUT2D eigenvalue weighted by atomic mass is 10.1. The molecule has 5 heteroatoms. The van der Waals surface area contributed by atoms with Crippen LogP contribution in [0.4, 0.5) is 0 Å². The summed E-state index contributed by atoms with van der Waals surface area (Å²) in [5, 5.41) is 14.1. The predicted octanol–water partition coefficient (Wildman–Crippen LogP) is 2.15. The van der Waals surface area contributed by atoms with Gasteiger partial charge in [-0.05, 0) is 32.6 Å². The summed E-state index contributed by atoms with van der Waals surface area (Å²) in [5.74, 6) is -0.00143. The average Bonchev–Trinajstić information content (AvgIpc) is 2.82. The van der Waals surface area contributed by atoms with Crippen molar-refractivity contribution >= 4 is 5.91 Å². The lowest BCUT2D eigenvalue weighted by Crippen LogP contribution is -2.42. The number of likely N-dealkylation sites (tertiary alicyclic amines) is 1. The summed E-state index contributed by atoms with van der Waals surface area (Å²) in [6.07, 6.45) is 4.96. The highest BCUT2D eigenvalue weighted by molar-refractivity contribution is 5.95. The Morgan fingerprint density at radius 1 is 1.50 bits per heavy atom. The first-order chi connectivity index (χ1) is 9.58. The van der Waals surface area contributed by atoms with Crippen molar-refractivity contribution in [2.45, 2.75) is 58.6 Å². The Morgan fingerprint density at radius 3 is 2.80 bits per heavy atom. The summed E-state index contributed by atoms with van der Waals surface area (Å²) in [5.41, 5.74) is 1.61. The van der Waals surface area contributed by atoms with Crippen molar-refractivity contribution in [3.8, 4) is 0 Å². The van der Waals surface area contributed by atoms with Crippen LogP contribution in [0.3, 0.4) is 0 Å². The third-order valence-electron chi connectivity index (χ3n) is 4.25. The van der Waals surface area contributed by atoms with E-state index in [0.29, 0.717) is 18.2 Å². The normalized spacial score (nSPS) is 19.6. The summed E-state index contributed by atoms with van der Waals surface area (Å²) in [4.78, 5) is 14.3. The number of carbonyl (C=O) groups is 1. The number of rotatable bonds is 4. The molecule has 112 valence electrons. The molecule has 1 saturated heterocycles. The van der Waals surface area contributed by atoms with Crippen molar-refractivity contribution in [1.82, 2.24) is 14.7 Å². The molecule has 5 nitrogen and oxygen atoms in total. The van der Waals surface area contributed by atoms with E-state index in [9.17, 15) is 9.90 Å². The topological polar surface area (TPSA) is 58.4 Å². The van der Waals surface area contributed by atoms with Crippen molar-refractivity contribution in [3.63, 3.8) is 0 Å². The Labute approximate surface area is 120 Å². The minimum absolute atomic E-state index is 0.00143. The van der Waals surface area contributed by atoms with E-state index in [1.54, 1.807) is 11.1 Å². The zero-order valence-corrected chi connectivity index (χ0v) is 12.7.